The number of rotatable bonds is 8. The average Bonchev–Trinajstić information content (AvgIpc) is 3.21. The standard InChI is InChI=1S/C22H25N5O2S/c1-3-14-27(22(29)23-18-11-9-16(2)10-12-18)15-13-19(28)24-21-26-25-20(30-21)17-7-5-4-6-8-17/h4-12H,3,13-15H2,1-2H3,(H,23,29)(H,24,26,28). The Morgan fingerprint density at radius 1 is 0.967 bits per heavy atom. The van der Waals surface area contributed by atoms with Gasteiger partial charge in [0.2, 0.25) is 11.0 Å². The molecule has 0 aliphatic carbocycles. The lowest BCUT2D eigenvalue weighted by molar-refractivity contribution is -0.116. The van der Waals surface area contributed by atoms with Crippen LogP contribution in [0.4, 0.5) is 15.6 Å². The van der Waals surface area contributed by atoms with E-state index in [1.54, 1.807) is 4.90 Å². The number of anilines is 2. The molecule has 0 aliphatic heterocycles. The maximum absolute atomic E-state index is 12.6. The zero-order valence-corrected chi connectivity index (χ0v) is 17.9. The summed E-state index contributed by atoms with van der Waals surface area (Å²) in [6.07, 6.45) is 0.987. The van der Waals surface area contributed by atoms with Crippen LogP contribution in [0, 0.1) is 6.92 Å². The zero-order chi connectivity index (χ0) is 21.3. The first-order valence-electron chi connectivity index (χ1n) is 9.86. The fraction of sp³-hybridized carbons (Fsp3) is 0.273. The van der Waals surface area contributed by atoms with Gasteiger partial charge in [-0.25, -0.2) is 4.79 Å². The van der Waals surface area contributed by atoms with E-state index >= 15 is 0 Å². The number of nitrogens with one attached hydrogen (secondary N) is 2. The van der Waals surface area contributed by atoms with Crippen LogP contribution in [-0.4, -0.2) is 40.1 Å². The predicted molar refractivity (Wildman–Crippen MR) is 121 cm³/mol. The topological polar surface area (TPSA) is 87.2 Å². The lowest BCUT2D eigenvalue weighted by Crippen LogP contribution is -2.37. The highest BCUT2D eigenvalue weighted by atomic mass is 32.1. The number of urea groups is 1. The van der Waals surface area contributed by atoms with E-state index in [1.165, 1.54) is 11.3 Å². The monoisotopic (exact) mass is 423 g/mol. The number of hydrogen-bond acceptors (Lipinski definition) is 5. The first-order valence-corrected chi connectivity index (χ1v) is 10.7. The van der Waals surface area contributed by atoms with Gasteiger partial charge in [0.1, 0.15) is 5.01 Å². The van der Waals surface area contributed by atoms with Crippen LogP contribution in [0.3, 0.4) is 0 Å². The molecule has 0 aliphatic rings. The second-order valence-corrected chi connectivity index (χ2v) is 7.84. The van der Waals surface area contributed by atoms with E-state index in [0.29, 0.717) is 18.2 Å². The van der Waals surface area contributed by atoms with E-state index in [-0.39, 0.29) is 18.4 Å². The molecule has 8 heteroatoms. The van der Waals surface area contributed by atoms with Gasteiger partial charge in [-0.3, -0.25) is 4.79 Å². The molecule has 3 amide bonds. The SMILES string of the molecule is CCCN(CCC(=O)Nc1nnc(-c2ccccc2)s1)C(=O)Nc1ccc(C)cc1. The number of hydrogen-bond donors (Lipinski definition) is 2. The summed E-state index contributed by atoms with van der Waals surface area (Å²) in [5.74, 6) is -0.199. The van der Waals surface area contributed by atoms with Gasteiger partial charge in [0.15, 0.2) is 0 Å². The smallest absolute Gasteiger partial charge is 0.321 e. The van der Waals surface area contributed by atoms with Gasteiger partial charge in [0, 0.05) is 30.8 Å². The molecule has 3 rings (SSSR count). The highest BCUT2D eigenvalue weighted by Gasteiger charge is 2.16. The van der Waals surface area contributed by atoms with E-state index in [2.05, 4.69) is 20.8 Å². The molecule has 2 N–H and O–H groups in total. The molecule has 0 radical (unpaired) electrons. The maximum Gasteiger partial charge on any atom is 0.321 e. The number of benzene rings is 2. The fourth-order valence-electron chi connectivity index (χ4n) is 2.81. The van der Waals surface area contributed by atoms with Crippen LogP contribution >= 0.6 is 11.3 Å². The van der Waals surface area contributed by atoms with Gasteiger partial charge in [-0.15, -0.1) is 10.2 Å². The summed E-state index contributed by atoms with van der Waals surface area (Å²) in [4.78, 5) is 26.6. The lowest BCUT2D eigenvalue weighted by atomic mass is 10.2. The molecular weight excluding hydrogens is 398 g/mol. The summed E-state index contributed by atoms with van der Waals surface area (Å²) >= 11 is 1.32. The molecule has 0 saturated heterocycles. The lowest BCUT2D eigenvalue weighted by Gasteiger charge is -2.22. The zero-order valence-electron chi connectivity index (χ0n) is 17.1. The molecule has 0 bridgehead atoms. The number of carbonyl (C=O) groups excluding carboxylic acids is 2. The van der Waals surface area contributed by atoms with Crippen molar-refractivity contribution < 1.29 is 9.59 Å². The molecule has 2 aromatic carbocycles. The highest BCUT2D eigenvalue weighted by molar-refractivity contribution is 7.18. The van der Waals surface area contributed by atoms with Gasteiger partial charge in [-0.1, -0.05) is 66.3 Å². The van der Waals surface area contributed by atoms with E-state index in [4.69, 9.17) is 0 Å². The largest absolute Gasteiger partial charge is 0.324 e. The van der Waals surface area contributed by atoms with Crippen molar-refractivity contribution in [2.24, 2.45) is 0 Å². The van der Waals surface area contributed by atoms with E-state index in [0.717, 1.165) is 28.2 Å². The highest BCUT2D eigenvalue weighted by Crippen LogP contribution is 2.25. The van der Waals surface area contributed by atoms with Gasteiger partial charge in [-0.2, -0.15) is 0 Å². The molecule has 30 heavy (non-hydrogen) atoms. The van der Waals surface area contributed by atoms with Crippen LogP contribution in [0.1, 0.15) is 25.3 Å². The normalized spacial score (nSPS) is 10.5. The Morgan fingerprint density at radius 2 is 1.70 bits per heavy atom. The van der Waals surface area contributed by atoms with Gasteiger partial charge >= 0.3 is 6.03 Å². The minimum atomic E-state index is -0.212. The van der Waals surface area contributed by atoms with Crippen LogP contribution in [0.25, 0.3) is 10.6 Å². The molecular formula is C22H25N5O2S. The average molecular weight is 424 g/mol. The Labute approximate surface area is 180 Å². The van der Waals surface area contributed by atoms with E-state index < -0.39 is 0 Å². The third-order valence-electron chi connectivity index (χ3n) is 4.38. The Kier molecular flexibility index (Phi) is 7.51. The first kappa shape index (κ1) is 21.4. The summed E-state index contributed by atoms with van der Waals surface area (Å²) in [5, 5.41) is 15.0. The van der Waals surface area contributed by atoms with Crippen molar-refractivity contribution >= 4 is 34.1 Å². The van der Waals surface area contributed by atoms with Crippen LogP contribution < -0.4 is 10.6 Å². The van der Waals surface area contributed by atoms with Crippen LogP contribution in [0.15, 0.2) is 54.6 Å². The third-order valence-corrected chi connectivity index (χ3v) is 5.27. The van der Waals surface area contributed by atoms with E-state index in [9.17, 15) is 9.59 Å². The van der Waals surface area contributed by atoms with Crippen molar-refractivity contribution in [2.75, 3.05) is 23.7 Å². The maximum atomic E-state index is 12.6. The molecule has 0 spiro atoms. The minimum absolute atomic E-state index is 0.182. The molecule has 156 valence electrons. The van der Waals surface area contributed by atoms with Crippen molar-refractivity contribution in [3.05, 3.63) is 60.2 Å². The number of carbonyl (C=O) groups is 2. The summed E-state index contributed by atoms with van der Waals surface area (Å²) in [6, 6.07) is 17.1. The quantitative estimate of drug-likeness (QED) is 0.545. The molecule has 0 fully saturated rings. The number of aryl methyl sites for hydroxylation is 1. The Hall–Kier alpha value is -3.26. The molecule has 3 aromatic rings. The number of nitrogens with zero attached hydrogens (tertiary/aromatic N) is 3. The summed E-state index contributed by atoms with van der Waals surface area (Å²) in [6.45, 7) is 4.89. The van der Waals surface area contributed by atoms with Crippen molar-refractivity contribution in [2.45, 2.75) is 26.7 Å². The second kappa shape index (κ2) is 10.5. The van der Waals surface area contributed by atoms with Crippen molar-refractivity contribution in [3.63, 3.8) is 0 Å². The molecule has 0 saturated carbocycles. The molecule has 1 aromatic heterocycles. The summed E-state index contributed by atoms with van der Waals surface area (Å²) < 4.78 is 0. The second-order valence-electron chi connectivity index (χ2n) is 6.86. The van der Waals surface area contributed by atoms with Crippen molar-refractivity contribution in [1.82, 2.24) is 15.1 Å². The molecule has 7 nitrogen and oxygen atoms in total. The Bertz CT molecular complexity index is 973. The number of amides is 3. The van der Waals surface area contributed by atoms with Crippen molar-refractivity contribution in [3.8, 4) is 10.6 Å². The van der Waals surface area contributed by atoms with Gasteiger partial charge in [0.25, 0.3) is 0 Å². The van der Waals surface area contributed by atoms with Gasteiger partial charge in [-0.05, 0) is 25.5 Å². The summed E-state index contributed by atoms with van der Waals surface area (Å²) in [7, 11) is 0. The number of aromatic nitrogens is 2. The van der Waals surface area contributed by atoms with E-state index in [1.807, 2.05) is 68.4 Å². The molecule has 1 heterocycles. The van der Waals surface area contributed by atoms with Gasteiger partial charge in [0.05, 0.1) is 0 Å². The van der Waals surface area contributed by atoms with Crippen LogP contribution in [0.5, 0.6) is 0 Å². The van der Waals surface area contributed by atoms with Crippen LogP contribution in [0.2, 0.25) is 0 Å². The van der Waals surface area contributed by atoms with Crippen LogP contribution in [-0.2, 0) is 4.79 Å². The fourth-order valence-corrected chi connectivity index (χ4v) is 3.58. The first-order chi connectivity index (χ1) is 14.5. The third kappa shape index (κ3) is 6.12. The van der Waals surface area contributed by atoms with Crippen molar-refractivity contribution in [1.29, 1.82) is 0 Å². The Morgan fingerprint density at radius 3 is 2.40 bits per heavy atom. The summed E-state index contributed by atoms with van der Waals surface area (Å²) in [5.41, 5.74) is 2.82. The molecule has 0 atom stereocenters. The van der Waals surface area contributed by atoms with Gasteiger partial charge < -0.3 is 15.5 Å². The predicted octanol–water partition coefficient (Wildman–Crippen LogP) is 4.79. The molecule has 0 unspecified atom stereocenters. The Balaban J connectivity index is 1.52. The minimum Gasteiger partial charge on any atom is -0.324 e.